The second-order valence-electron chi connectivity index (χ2n) is 3.34. The fourth-order valence-electron chi connectivity index (χ4n) is 1.26. The number of hydrogen-bond donors (Lipinski definition) is 2. The molecule has 1 atom stereocenters. The van der Waals surface area contributed by atoms with E-state index in [0.717, 1.165) is 12.1 Å². The van der Waals surface area contributed by atoms with Crippen LogP contribution in [0.2, 0.25) is 0 Å². The Morgan fingerprint density at radius 1 is 1.53 bits per heavy atom. The van der Waals surface area contributed by atoms with Crippen molar-refractivity contribution in [2.45, 2.75) is 25.9 Å². The molecule has 1 rings (SSSR count). The summed E-state index contributed by atoms with van der Waals surface area (Å²) in [6, 6.07) is 5.79. The summed E-state index contributed by atoms with van der Waals surface area (Å²) in [4.78, 5) is 4.27. The summed E-state index contributed by atoms with van der Waals surface area (Å²) in [6.07, 6.45) is 0.903. The Hall–Kier alpha value is -1.13. The van der Waals surface area contributed by atoms with Gasteiger partial charge in [-0.1, -0.05) is 13.0 Å². The van der Waals surface area contributed by atoms with Gasteiger partial charge in [-0.2, -0.15) is 0 Å². The Morgan fingerprint density at radius 3 is 2.93 bits per heavy atom. The van der Waals surface area contributed by atoms with Crippen molar-refractivity contribution in [3.63, 3.8) is 0 Å². The van der Waals surface area contributed by atoms with Crippen molar-refractivity contribution < 1.29 is 9.84 Å². The van der Waals surface area contributed by atoms with Crippen LogP contribution in [0, 0.1) is 0 Å². The van der Waals surface area contributed by atoms with Gasteiger partial charge in [0.1, 0.15) is 0 Å². The quantitative estimate of drug-likeness (QED) is 0.734. The Labute approximate surface area is 90.3 Å². The number of aliphatic hydroxyl groups is 1. The van der Waals surface area contributed by atoms with Gasteiger partial charge in [0.2, 0.25) is 5.88 Å². The first kappa shape index (κ1) is 11.9. The minimum absolute atomic E-state index is 0.137. The van der Waals surface area contributed by atoms with E-state index in [1.807, 2.05) is 25.1 Å². The maximum absolute atomic E-state index is 9.00. The number of pyridine rings is 1. The zero-order valence-electron chi connectivity index (χ0n) is 9.23. The summed E-state index contributed by atoms with van der Waals surface area (Å²) < 4.78 is 5.03. The summed E-state index contributed by atoms with van der Waals surface area (Å²) in [7, 11) is 1.60. The fraction of sp³-hybridized carbons (Fsp3) is 0.545. The predicted molar refractivity (Wildman–Crippen MR) is 58.8 cm³/mol. The molecule has 1 heterocycles. The van der Waals surface area contributed by atoms with Crippen LogP contribution < -0.4 is 10.1 Å². The average molecular weight is 210 g/mol. The highest BCUT2D eigenvalue weighted by Gasteiger charge is 2.04. The molecule has 0 radical (unpaired) electrons. The largest absolute Gasteiger partial charge is 0.481 e. The second-order valence-corrected chi connectivity index (χ2v) is 3.34. The van der Waals surface area contributed by atoms with E-state index in [2.05, 4.69) is 10.3 Å². The molecule has 0 aromatic carbocycles. The lowest BCUT2D eigenvalue weighted by molar-refractivity contribution is 0.238. The van der Waals surface area contributed by atoms with Crippen molar-refractivity contribution in [1.82, 2.24) is 10.3 Å². The molecule has 4 heteroatoms. The van der Waals surface area contributed by atoms with Crippen LogP contribution in [0.1, 0.15) is 19.0 Å². The molecule has 0 amide bonds. The normalized spacial score (nSPS) is 12.5. The highest BCUT2D eigenvalue weighted by atomic mass is 16.5. The Balaban J connectivity index is 2.49. The van der Waals surface area contributed by atoms with E-state index < -0.39 is 0 Å². The number of nitrogens with zero attached hydrogens (tertiary/aromatic N) is 1. The smallest absolute Gasteiger partial charge is 0.213 e. The number of rotatable bonds is 6. The van der Waals surface area contributed by atoms with E-state index in [4.69, 9.17) is 9.84 Å². The Kier molecular flexibility index (Phi) is 5.07. The molecule has 84 valence electrons. The van der Waals surface area contributed by atoms with Crippen LogP contribution in [-0.2, 0) is 6.54 Å². The Bertz CT molecular complexity index is 288. The molecule has 0 spiro atoms. The van der Waals surface area contributed by atoms with E-state index in [-0.39, 0.29) is 12.6 Å². The van der Waals surface area contributed by atoms with Gasteiger partial charge in [0.05, 0.1) is 19.4 Å². The molecule has 4 nitrogen and oxygen atoms in total. The SMILES string of the molecule is CCC(CO)NCc1cccc(OC)n1. The molecular formula is C11H18N2O2. The van der Waals surface area contributed by atoms with Crippen LogP contribution in [-0.4, -0.2) is 29.8 Å². The van der Waals surface area contributed by atoms with Gasteiger partial charge in [-0.3, -0.25) is 0 Å². The zero-order chi connectivity index (χ0) is 11.1. The number of aliphatic hydroxyl groups excluding tert-OH is 1. The first-order valence-electron chi connectivity index (χ1n) is 5.14. The number of ether oxygens (including phenoxy) is 1. The third-order valence-corrected chi connectivity index (χ3v) is 2.28. The van der Waals surface area contributed by atoms with Crippen molar-refractivity contribution in [3.05, 3.63) is 23.9 Å². The molecule has 0 aliphatic carbocycles. The summed E-state index contributed by atoms with van der Waals surface area (Å²) in [5.41, 5.74) is 0.918. The van der Waals surface area contributed by atoms with Crippen LogP contribution in [0.3, 0.4) is 0 Å². The van der Waals surface area contributed by atoms with Gasteiger partial charge in [0, 0.05) is 18.7 Å². The van der Waals surface area contributed by atoms with Crippen LogP contribution >= 0.6 is 0 Å². The monoisotopic (exact) mass is 210 g/mol. The lowest BCUT2D eigenvalue weighted by Gasteiger charge is -2.13. The summed E-state index contributed by atoms with van der Waals surface area (Å²) in [6.45, 7) is 2.84. The first-order valence-corrected chi connectivity index (χ1v) is 5.14. The fourth-order valence-corrected chi connectivity index (χ4v) is 1.26. The maximum Gasteiger partial charge on any atom is 0.213 e. The van der Waals surface area contributed by atoms with Gasteiger partial charge < -0.3 is 15.2 Å². The van der Waals surface area contributed by atoms with E-state index in [1.54, 1.807) is 7.11 Å². The highest BCUT2D eigenvalue weighted by Crippen LogP contribution is 2.06. The van der Waals surface area contributed by atoms with Crippen LogP contribution in [0.15, 0.2) is 18.2 Å². The summed E-state index contributed by atoms with van der Waals surface area (Å²) >= 11 is 0. The molecule has 0 saturated carbocycles. The first-order chi connectivity index (χ1) is 7.30. The zero-order valence-corrected chi connectivity index (χ0v) is 9.23. The van der Waals surface area contributed by atoms with E-state index in [1.165, 1.54) is 0 Å². The van der Waals surface area contributed by atoms with Gasteiger partial charge in [-0.15, -0.1) is 0 Å². The molecule has 0 saturated heterocycles. The van der Waals surface area contributed by atoms with Crippen LogP contribution in [0.4, 0.5) is 0 Å². The summed E-state index contributed by atoms with van der Waals surface area (Å²) in [5.74, 6) is 0.617. The number of aromatic nitrogens is 1. The Morgan fingerprint density at radius 2 is 2.33 bits per heavy atom. The predicted octanol–water partition coefficient (Wildman–Crippen LogP) is 0.951. The number of hydrogen-bond acceptors (Lipinski definition) is 4. The van der Waals surface area contributed by atoms with Gasteiger partial charge in [-0.25, -0.2) is 4.98 Å². The van der Waals surface area contributed by atoms with Gasteiger partial charge >= 0.3 is 0 Å². The molecular weight excluding hydrogens is 192 g/mol. The molecule has 0 fully saturated rings. The van der Waals surface area contributed by atoms with Crippen LogP contribution in [0.25, 0.3) is 0 Å². The molecule has 1 aromatic rings. The topological polar surface area (TPSA) is 54.4 Å². The highest BCUT2D eigenvalue weighted by molar-refractivity contribution is 5.15. The molecule has 0 aliphatic rings. The van der Waals surface area contributed by atoms with E-state index in [9.17, 15) is 0 Å². The molecule has 1 unspecified atom stereocenters. The van der Waals surface area contributed by atoms with E-state index >= 15 is 0 Å². The van der Waals surface area contributed by atoms with Gasteiger partial charge in [0.15, 0.2) is 0 Å². The van der Waals surface area contributed by atoms with Crippen molar-refractivity contribution in [1.29, 1.82) is 0 Å². The van der Waals surface area contributed by atoms with Gasteiger partial charge in [0.25, 0.3) is 0 Å². The van der Waals surface area contributed by atoms with Crippen molar-refractivity contribution in [3.8, 4) is 5.88 Å². The minimum Gasteiger partial charge on any atom is -0.481 e. The number of methoxy groups -OCH3 is 1. The van der Waals surface area contributed by atoms with Crippen molar-refractivity contribution in [2.75, 3.05) is 13.7 Å². The van der Waals surface area contributed by atoms with Crippen molar-refractivity contribution >= 4 is 0 Å². The third kappa shape index (κ3) is 3.85. The lowest BCUT2D eigenvalue weighted by atomic mass is 10.2. The molecule has 0 aliphatic heterocycles. The molecule has 0 bridgehead atoms. The second kappa shape index (κ2) is 6.37. The minimum atomic E-state index is 0.137. The summed E-state index contributed by atoms with van der Waals surface area (Å²) in [5, 5.41) is 12.2. The third-order valence-electron chi connectivity index (χ3n) is 2.28. The number of nitrogens with one attached hydrogen (secondary N) is 1. The van der Waals surface area contributed by atoms with E-state index in [0.29, 0.717) is 12.4 Å². The molecule has 1 aromatic heterocycles. The maximum atomic E-state index is 9.00. The van der Waals surface area contributed by atoms with Crippen LogP contribution in [0.5, 0.6) is 5.88 Å². The standard InChI is InChI=1S/C11H18N2O2/c1-3-9(8-14)12-7-10-5-4-6-11(13-10)15-2/h4-6,9,12,14H,3,7-8H2,1-2H3. The van der Waals surface area contributed by atoms with Gasteiger partial charge in [-0.05, 0) is 12.5 Å². The molecule has 15 heavy (non-hydrogen) atoms. The molecule has 2 N–H and O–H groups in total. The average Bonchev–Trinajstić information content (AvgIpc) is 2.31. The van der Waals surface area contributed by atoms with Crippen molar-refractivity contribution in [2.24, 2.45) is 0 Å². The lowest BCUT2D eigenvalue weighted by Crippen LogP contribution is -2.31.